The molecule has 5 rings (SSSR count). The van der Waals surface area contributed by atoms with Crippen molar-refractivity contribution >= 4 is 5.91 Å². The normalized spacial score (nSPS) is 21.6. The van der Waals surface area contributed by atoms with Crippen LogP contribution in [0.2, 0.25) is 0 Å². The Bertz CT molecular complexity index is 928. The largest absolute Gasteiger partial charge is 0.334 e. The van der Waals surface area contributed by atoms with E-state index < -0.39 is 0 Å². The minimum absolute atomic E-state index is 0.0776. The van der Waals surface area contributed by atoms with E-state index in [4.69, 9.17) is 0 Å². The summed E-state index contributed by atoms with van der Waals surface area (Å²) in [5.74, 6) is 0.877. The lowest BCUT2D eigenvalue weighted by atomic mass is 9.98. The number of aromatic nitrogens is 3. The summed E-state index contributed by atoms with van der Waals surface area (Å²) in [6.45, 7) is 1.49. The summed E-state index contributed by atoms with van der Waals surface area (Å²) >= 11 is 0. The monoisotopic (exact) mass is 387 g/mol. The van der Waals surface area contributed by atoms with Gasteiger partial charge in [0.05, 0.1) is 5.69 Å². The molecule has 2 saturated heterocycles. The average molecular weight is 387 g/mol. The number of rotatable bonds is 3. The summed E-state index contributed by atoms with van der Waals surface area (Å²) in [5.41, 5.74) is 1.84. The number of benzene rings is 2. The van der Waals surface area contributed by atoms with Crippen LogP contribution >= 0.6 is 0 Å². The number of carbonyl (C=O) groups is 1. The van der Waals surface area contributed by atoms with E-state index >= 15 is 0 Å². The predicted octanol–water partition coefficient (Wildman–Crippen LogP) is 3.29. The minimum Gasteiger partial charge on any atom is -0.334 e. The summed E-state index contributed by atoms with van der Waals surface area (Å²) in [4.78, 5) is 20.0. The van der Waals surface area contributed by atoms with Crippen LogP contribution in [0.15, 0.2) is 60.7 Å². The van der Waals surface area contributed by atoms with Crippen LogP contribution in [0.5, 0.6) is 0 Å². The van der Waals surface area contributed by atoms with E-state index in [1.54, 1.807) is 4.68 Å². The molecule has 0 saturated carbocycles. The highest BCUT2D eigenvalue weighted by molar-refractivity contribution is 5.91. The second-order valence-electron chi connectivity index (χ2n) is 7.90. The topological polar surface area (TPSA) is 63.1 Å². The summed E-state index contributed by atoms with van der Waals surface area (Å²) < 4.78 is 1.77. The number of hydrogen-bond acceptors (Lipinski definition) is 4. The van der Waals surface area contributed by atoms with Crippen molar-refractivity contribution in [3.8, 4) is 17.1 Å². The van der Waals surface area contributed by atoms with Gasteiger partial charge in [-0.2, -0.15) is 0 Å². The number of nitrogens with zero attached hydrogens (tertiary/aromatic N) is 4. The van der Waals surface area contributed by atoms with Crippen LogP contribution in [-0.4, -0.2) is 50.7 Å². The second-order valence-corrected chi connectivity index (χ2v) is 7.90. The molecule has 0 aliphatic carbocycles. The smallest absolute Gasteiger partial charge is 0.293 e. The fourth-order valence-corrected chi connectivity index (χ4v) is 4.40. The van der Waals surface area contributed by atoms with Gasteiger partial charge in [0, 0.05) is 30.7 Å². The lowest BCUT2D eigenvalue weighted by Gasteiger charge is -2.28. The third kappa shape index (κ3) is 3.68. The molecule has 3 heterocycles. The third-order valence-electron chi connectivity index (χ3n) is 5.88. The van der Waals surface area contributed by atoms with Crippen LogP contribution in [0, 0.1) is 0 Å². The molecule has 2 fully saturated rings. The van der Waals surface area contributed by atoms with Crippen LogP contribution in [0.1, 0.15) is 36.3 Å². The van der Waals surface area contributed by atoms with Gasteiger partial charge in [-0.15, -0.1) is 5.10 Å². The number of hydrogen-bond donors (Lipinski definition) is 1. The molecule has 1 N–H and O–H groups in total. The van der Waals surface area contributed by atoms with Gasteiger partial charge in [-0.3, -0.25) is 4.79 Å². The van der Waals surface area contributed by atoms with E-state index in [2.05, 4.69) is 15.4 Å². The van der Waals surface area contributed by atoms with Crippen LogP contribution < -0.4 is 5.32 Å². The molecule has 2 aliphatic rings. The first-order valence-corrected chi connectivity index (χ1v) is 10.4. The van der Waals surface area contributed by atoms with Crippen LogP contribution in [0.25, 0.3) is 17.1 Å². The first-order chi connectivity index (χ1) is 14.3. The zero-order chi connectivity index (χ0) is 19.6. The number of fused-ring (bicyclic) bond motifs is 2. The van der Waals surface area contributed by atoms with Gasteiger partial charge in [0.2, 0.25) is 5.82 Å². The van der Waals surface area contributed by atoms with Crippen LogP contribution in [0.4, 0.5) is 0 Å². The Labute approximate surface area is 170 Å². The van der Waals surface area contributed by atoms with Crippen molar-refractivity contribution in [2.45, 2.75) is 37.8 Å². The van der Waals surface area contributed by atoms with Crippen molar-refractivity contribution in [3.05, 3.63) is 66.5 Å². The molecule has 3 aromatic rings. The van der Waals surface area contributed by atoms with Gasteiger partial charge in [-0.05, 0) is 31.4 Å². The highest BCUT2D eigenvalue weighted by Gasteiger charge is 2.31. The molecule has 2 unspecified atom stereocenters. The molecule has 1 amide bonds. The van der Waals surface area contributed by atoms with E-state index in [-0.39, 0.29) is 11.7 Å². The molecule has 2 atom stereocenters. The third-order valence-corrected chi connectivity index (χ3v) is 5.88. The van der Waals surface area contributed by atoms with Crippen LogP contribution in [-0.2, 0) is 0 Å². The van der Waals surface area contributed by atoms with Crippen molar-refractivity contribution in [1.82, 2.24) is 25.0 Å². The molecule has 0 radical (unpaired) electrons. The van der Waals surface area contributed by atoms with Gasteiger partial charge in [0.25, 0.3) is 5.91 Å². The van der Waals surface area contributed by atoms with Gasteiger partial charge in [0.15, 0.2) is 5.82 Å². The molecule has 2 bridgehead atoms. The fourth-order valence-electron chi connectivity index (χ4n) is 4.40. The Hall–Kier alpha value is -2.99. The SMILES string of the molecule is O=C(c1nc(-c2ccccc2)n(-c2ccccc2)n1)N1CCC2CCCC(C1)N2. The standard InChI is InChI=1S/C23H25N5O/c29-23(27-15-14-18-10-7-11-19(16-27)24-18)21-25-22(17-8-3-1-4-9-17)28(26-21)20-12-5-2-6-13-20/h1-6,8-9,12-13,18-19,24H,7,10-11,14-16H2. The van der Waals surface area contributed by atoms with Gasteiger partial charge in [-0.1, -0.05) is 55.0 Å². The maximum absolute atomic E-state index is 13.3. The molecule has 1 aromatic heterocycles. The van der Waals surface area contributed by atoms with Crippen LogP contribution in [0.3, 0.4) is 0 Å². The molecular formula is C23H25N5O. The summed E-state index contributed by atoms with van der Waals surface area (Å²) in [6.07, 6.45) is 4.57. The molecule has 6 heteroatoms. The number of carbonyl (C=O) groups excluding carboxylic acids is 1. The van der Waals surface area contributed by atoms with Gasteiger partial charge >= 0.3 is 0 Å². The van der Waals surface area contributed by atoms with E-state index in [9.17, 15) is 4.79 Å². The Morgan fingerprint density at radius 1 is 0.931 bits per heavy atom. The van der Waals surface area contributed by atoms with E-state index in [1.807, 2.05) is 65.6 Å². The highest BCUT2D eigenvalue weighted by atomic mass is 16.2. The molecule has 0 spiro atoms. The van der Waals surface area contributed by atoms with Gasteiger partial charge in [0.1, 0.15) is 0 Å². The van der Waals surface area contributed by atoms with Gasteiger partial charge < -0.3 is 10.2 Å². The lowest BCUT2D eigenvalue weighted by molar-refractivity contribution is 0.0740. The minimum atomic E-state index is -0.0776. The first-order valence-electron chi connectivity index (χ1n) is 10.4. The lowest BCUT2D eigenvalue weighted by Crippen LogP contribution is -2.45. The molecule has 29 heavy (non-hydrogen) atoms. The van der Waals surface area contributed by atoms with Crippen molar-refractivity contribution in [2.75, 3.05) is 13.1 Å². The maximum atomic E-state index is 13.3. The Morgan fingerprint density at radius 2 is 1.66 bits per heavy atom. The average Bonchev–Trinajstić information content (AvgIpc) is 3.17. The quantitative estimate of drug-likeness (QED) is 0.749. The zero-order valence-corrected chi connectivity index (χ0v) is 16.4. The fraction of sp³-hybridized carbons (Fsp3) is 0.348. The van der Waals surface area contributed by atoms with Crippen molar-refractivity contribution < 1.29 is 4.79 Å². The van der Waals surface area contributed by atoms with E-state index in [0.29, 0.717) is 17.9 Å². The Balaban J connectivity index is 1.50. The number of para-hydroxylation sites is 1. The molecule has 148 valence electrons. The number of nitrogens with one attached hydrogen (secondary N) is 1. The maximum Gasteiger partial charge on any atom is 0.293 e. The molecule has 2 aromatic carbocycles. The summed E-state index contributed by atoms with van der Waals surface area (Å²) in [6, 6.07) is 20.7. The number of piperidine rings is 1. The van der Waals surface area contributed by atoms with Gasteiger partial charge in [-0.25, -0.2) is 9.67 Å². The first kappa shape index (κ1) is 18.1. The molecule has 2 aliphatic heterocycles. The highest BCUT2D eigenvalue weighted by Crippen LogP contribution is 2.23. The zero-order valence-electron chi connectivity index (χ0n) is 16.4. The Morgan fingerprint density at radius 3 is 2.45 bits per heavy atom. The van der Waals surface area contributed by atoms with E-state index in [1.165, 1.54) is 12.8 Å². The summed E-state index contributed by atoms with van der Waals surface area (Å²) in [5, 5.41) is 8.32. The van der Waals surface area contributed by atoms with Crippen molar-refractivity contribution in [1.29, 1.82) is 0 Å². The van der Waals surface area contributed by atoms with Crippen molar-refractivity contribution in [3.63, 3.8) is 0 Å². The predicted molar refractivity (Wildman–Crippen MR) is 112 cm³/mol. The Kier molecular flexibility index (Phi) is 4.86. The van der Waals surface area contributed by atoms with Crippen molar-refractivity contribution in [2.24, 2.45) is 0 Å². The molecule has 6 nitrogen and oxygen atoms in total. The number of amides is 1. The van der Waals surface area contributed by atoms with E-state index in [0.717, 1.165) is 37.2 Å². The molecular weight excluding hydrogens is 362 g/mol. The summed E-state index contributed by atoms with van der Waals surface area (Å²) in [7, 11) is 0. The second kappa shape index (κ2) is 7.79.